The summed E-state index contributed by atoms with van der Waals surface area (Å²) in [5.74, 6) is 0.394. The first-order chi connectivity index (χ1) is 9.41. The Hall–Kier alpha value is -0.920. The molecule has 20 heavy (non-hydrogen) atoms. The number of rotatable bonds is 5. The Kier molecular flexibility index (Phi) is 4.82. The van der Waals surface area contributed by atoms with Crippen molar-refractivity contribution in [2.24, 2.45) is 13.0 Å². The van der Waals surface area contributed by atoms with Crippen molar-refractivity contribution in [2.45, 2.75) is 25.3 Å². The van der Waals surface area contributed by atoms with Crippen molar-refractivity contribution in [3.8, 4) is 0 Å². The molecule has 0 saturated carbocycles. The lowest BCUT2D eigenvalue weighted by Crippen LogP contribution is -2.40. The molecule has 0 bridgehead atoms. The van der Waals surface area contributed by atoms with Gasteiger partial charge in [0.15, 0.2) is 0 Å². The van der Waals surface area contributed by atoms with Crippen LogP contribution >= 0.6 is 0 Å². The molecule has 114 valence electrons. The minimum Gasteiger partial charge on any atom is -0.312 e. The van der Waals surface area contributed by atoms with Gasteiger partial charge in [0.05, 0.1) is 11.9 Å². The molecule has 6 nitrogen and oxygen atoms in total. The average Bonchev–Trinajstić information content (AvgIpc) is 2.81. The van der Waals surface area contributed by atoms with Gasteiger partial charge in [-0.25, -0.2) is 12.7 Å². The lowest BCUT2D eigenvalue weighted by molar-refractivity contribution is 0.238. The van der Waals surface area contributed by atoms with Crippen molar-refractivity contribution >= 4 is 10.0 Å². The zero-order valence-corrected chi connectivity index (χ0v) is 13.2. The van der Waals surface area contributed by atoms with Crippen LogP contribution in [0.15, 0.2) is 12.3 Å². The largest absolute Gasteiger partial charge is 0.312 e. The fourth-order valence-electron chi connectivity index (χ4n) is 2.97. The summed E-state index contributed by atoms with van der Waals surface area (Å²) in [4.78, 5) is 0. The molecule has 2 unspecified atom stereocenters. The molecular formula is C13H24N4O2S. The number of aryl methyl sites for hydroxylation is 1. The topological polar surface area (TPSA) is 67.2 Å². The van der Waals surface area contributed by atoms with Crippen molar-refractivity contribution in [3.63, 3.8) is 0 Å². The average molecular weight is 300 g/mol. The first kappa shape index (κ1) is 15.5. The predicted molar refractivity (Wildman–Crippen MR) is 78.8 cm³/mol. The van der Waals surface area contributed by atoms with Crippen LogP contribution in [0.3, 0.4) is 0 Å². The lowest BCUT2D eigenvalue weighted by Gasteiger charge is -2.33. The molecule has 1 aromatic heterocycles. The Morgan fingerprint density at radius 2 is 2.30 bits per heavy atom. The van der Waals surface area contributed by atoms with E-state index in [0.29, 0.717) is 19.0 Å². The van der Waals surface area contributed by atoms with Crippen LogP contribution in [0, 0.1) is 5.92 Å². The summed E-state index contributed by atoms with van der Waals surface area (Å²) in [6, 6.07) is 2.23. The standard InChI is InChI=1S/C13H24N4O2S/c1-14-12(13-6-7-15-16(13)2)9-11-5-4-8-17(10-11)20(3,18)19/h6-7,11-12,14H,4-5,8-10H2,1-3H3. The van der Waals surface area contributed by atoms with Crippen LogP contribution in [0.2, 0.25) is 0 Å². The summed E-state index contributed by atoms with van der Waals surface area (Å²) < 4.78 is 26.8. The van der Waals surface area contributed by atoms with Gasteiger partial charge in [0.2, 0.25) is 10.0 Å². The van der Waals surface area contributed by atoms with Crippen molar-refractivity contribution in [2.75, 3.05) is 26.4 Å². The molecule has 0 aromatic carbocycles. The molecule has 1 aromatic rings. The normalized spacial score (nSPS) is 22.9. The molecule has 0 radical (unpaired) electrons. The van der Waals surface area contributed by atoms with E-state index in [1.165, 1.54) is 6.26 Å². The molecule has 1 N–H and O–H groups in total. The number of aromatic nitrogens is 2. The van der Waals surface area contributed by atoms with Gasteiger partial charge in [-0.1, -0.05) is 0 Å². The van der Waals surface area contributed by atoms with Crippen molar-refractivity contribution in [1.29, 1.82) is 0 Å². The highest BCUT2D eigenvalue weighted by atomic mass is 32.2. The summed E-state index contributed by atoms with van der Waals surface area (Å²) in [6.07, 6.45) is 6.05. The quantitative estimate of drug-likeness (QED) is 0.871. The second kappa shape index (κ2) is 6.24. The third-order valence-electron chi connectivity index (χ3n) is 4.08. The number of sulfonamides is 1. The van der Waals surface area contributed by atoms with Gasteiger partial charge in [0.25, 0.3) is 0 Å². The van der Waals surface area contributed by atoms with Crippen LogP contribution in [0.4, 0.5) is 0 Å². The Morgan fingerprint density at radius 3 is 2.85 bits per heavy atom. The van der Waals surface area contributed by atoms with E-state index in [0.717, 1.165) is 25.0 Å². The van der Waals surface area contributed by atoms with Gasteiger partial charge in [0, 0.05) is 32.4 Å². The molecule has 1 aliphatic heterocycles. The third-order valence-corrected chi connectivity index (χ3v) is 5.35. The molecule has 0 aliphatic carbocycles. The number of hydrogen-bond acceptors (Lipinski definition) is 4. The summed E-state index contributed by atoms with van der Waals surface area (Å²) >= 11 is 0. The Bertz CT molecular complexity index is 540. The van der Waals surface area contributed by atoms with E-state index in [-0.39, 0.29) is 6.04 Å². The molecular weight excluding hydrogens is 276 g/mol. The SMILES string of the molecule is CNC(CC1CCCN(S(C)(=O)=O)C1)c1ccnn1C. The van der Waals surface area contributed by atoms with Crippen molar-refractivity contribution in [3.05, 3.63) is 18.0 Å². The van der Waals surface area contributed by atoms with Gasteiger partial charge < -0.3 is 5.32 Å². The zero-order valence-electron chi connectivity index (χ0n) is 12.4. The summed E-state index contributed by atoms with van der Waals surface area (Å²) in [5.41, 5.74) is 1.14. The van der Waals surface area contributed by atoms with Crippen LogP contribution in [-0.2, 0) is 17.1 Å². The van der Waals surface area contributed by atoms with Gasteiger partial charge in [-0.3, -0.25) is 4.68 Å². The van der Waals surface area contributed by atoms with Crippen LogP contribution in [-0.4, -0.2) is 48.9 Å². The molecule has 1 fully saturated rings. The van der Waals surface area contributed by atoms with E-state index < -0.39 is 10.0 Å². The third kappa shape index (κ3) is 3.59. The van der Waals surface area contributed by atoms with Crippen LogP contribution in [0.5, 0.6) is 0 Å². The van der Waals surface area contributed by atoms with Gasteiger partial charge in [-0.2, -0.15) is 5.10 Å². The highest BCUT2D eigenvalue weighted by Gasteiger charge is 2.28. The first-order valence-electron chi connectivity index (χ1n) is 7.02. The Balaban J connectivity index is 2.03. The maximum Gasteiger partial charge on any atom is 0.211 e. The van der Waals surface area contributed by atoms with E-state index in [9.17, 15) is 8.42 Å². The predicted octanol–water partition coefficient (Wildman–Crippen LogP) is 0.742. The van der Waals surface area contributed by atoms with E-state index in [2.05, 4.69) is 10.4 Å². The van der Waals surface area contributed by atoms with Gasteiger partial charge in [-0.15, -0.1) is 0 Å². The number of nitrogens with zero attached hydrogens (tertiary/aromatic N) is 3. The van der Waals surface area contributed by atoms with Crippen molar-refractivity contribution < 1.29 is 8.42 Å². The lowest BCUT2D eigenvalue weighted by atomic mass is 9.91. The zero-order chi connectivity index (χ0) is 14.8. The molecule has 0 spiro atoms. The van der Waals surface area contributed by atoms with E-state index in [4.69, 9.17) is 0 Å². The summed E-state index contributed by atoms with van der Waals surface area (Å²) in [7, 11) is 0.805. The molecule has 1 aliphatic rings. The number of piperidine rings is 1. The van der Waals surface area contributed by atoms with Crippen LogP contribution < -0.4 is 5.32 Å². The first-order valence-corrected chi connectivity index (χ1v) is 8.87. The molecule has 2 rings (SSSR count). The fraction of sp³-hybridized carbons (Fsp3) is 0.769. The number of hydrogen-bond donors (Lipinski definition) is 1. The molecule has 0 amide bonds. The summed E-state index contributed by atoms with van der Waals surface area (Å²) in [6.45, 7) is 1.29. The monoisotopic (exact) mass is 300 g/mol. The van der Waals surface area contributed by atoms with Gasteiger partial charge >= 0.3 is 0 Å². The second-order valence-electron chi connectivity index (χ2n) is 5.59. The minimum absolute atomic E-state index is 0.215. The Morgan fingerprint density at radius 1 is 1.55 bits per heavy atom. The van der Waals surface area contributed by atoms with Gasteiger partial charge in [0.1, 0.15) is 0 Å². The second-order valence-corrected chi connectivity index (χ2v) is 7.57. The Labute approximate surface area is 121 Å². The molecule has 2 heterocycles. The van der Waals surface area contributed by atoms with E-state index in [1.807, 2.05) is 24.8 Å². The maximum absolute atomic E-state index is 11.7. The maximum atomic E-state index is 11.7. The van der Waals surface area contributed by atoms with Crippen LogP contribution in [0.25, 0.3) is 0 Å². The van der Waals surface area contributed by atoms with Crippen LogP contribution in [0.1, 0.15) is 31.0 Å². The molecule has 1 saturated heterocycles. The minimum atomic E-state index is -3.07. The van der Waals surface area contributed by atoms with Gasteiger partial charge in [-0.05, 0) is 38.3 Å². The molecule has 2 atom stereocenters. The highest BCUT2D eigenvalue weighted by Crippen LogP contribution is 2.28. The van der Waals surface area contributed by atoms with E-state index >= 15 is 0 Å². The highest BCUT2D eigenvalue weighted by molar-refractivity contribution is 7.88. The van der Waals surface area contributed by atoms with Crippen molar-refractivity contribution in [1.82, 2.24) is 19.4 Å². The fourth-order valence-corrected chi connectivity index (χ4v) is 3.91. The molecule has 7 heteroatoms. The smallest absolute Gasteiger partial charge is 0.211 e. The van der Waals surface area contributed by atoms with E-state index in [1.54, 1.807) is 10.5 Å². The summed E-state index contributed by atoms with van der Waals surface area (Å²) in [5, 5.41) is 7.52. The number of nitrogens with one attached hydrogen (secondary N) is 1.